The summed E-state index contributed by atoms with van der Waals surface area (Å²) < 4.78 is 10.9. The Hall–Kier alpha value is -1.36. The summed E-state index contributed by atoms with van der Waals surface area (Å²) in [6.45, 7) is 6.85. The van der Waals surface area contributed by atoms with Gasteiger partial charge in [-0.05, 0) is 66.1 Å². The molecule has 168 valence electrons. The standard InChI is InChI=1S/C26H33ClO4/c1-15-17-6-7-19-18(24(17,2)11-10-21(15)30-4)9-12-25(3)23(20(27)13-26(19,25)29)16-5-8-22(28)31-14-16/h5,7-8,10-11,14-15,17-18,20-21,23,29H,6,9,12-13H2,1-4H3. The van der Waals surface area contributed by atoms with Gasteiger partial charge in [0, 0.05) is 29.9 Å². The van der Waals surface area contributed by atoms with Gasteiger partial charge in [-0.25, -0.2) is 4.79 Å². The molecule has 5 rings (SSSR count). The predicted molar refractivity (Wildman–Crippen MR) is 121 cm³/mol. The van der Waals surface area contributed by atoms with Gasteiger partial charge in [0.05, 0.1) is 18.0 Å². The second-order valence-corrected chi connectivity index (χ2v) is 11.3. The molecule has 2 fully saturated rings. The fourth-order valence-electron chi connectivity index (χ4n) is 7.85. The molecule has 0 saturated heterocycles. The number of allylic oxidation sites excluding steroid dienone is 2. The van der Waals surface area contributed by atoms with Gasteiger partial charge in [-0.2, -0.15) is 0 Å². The fraction of sp³-hybridized carbons (Fsp3) is 0.654. The molecule has 9 atom stereocenters. The molecule has 5 heteroatoms. The van der Waals surface area contributed by atoms with Crippen LogP contribution in [0.3, 0.4) is 0 Å². The first kappa shape index (κ1) is 21.5. The van der Waals surface area contributed by atoms with Crippen LogP contribution in [0.4, 0.5) is 0 Å². The number of methoxy groups -OCH3 is 1. The molecule has 0 aliphatic heterocycles. The maximum absolute atomic E-state index is 12.3. The van der Waals surface area contributed by atoms with Crippen molar-refractivity contribution in [3.05, 3.63) is 58.2 Å². The third-order valence-electron chi connectivity index (χ3n) is 9.58. The van der Waals surface area contributed by atoms with E-state index in [-0.39, 0.29) is 28.4 Å². The van der Waals surface area contributed by atoms with E-state index < -0.39 is 11.0 Å². The van der Waals surface area contributed by atoms with E-state index in [1.807, 2.05) is 6.07 Å². The number of hydrogen-bond acceptors (Lipinski definition) is 4. The second kappa shape index (κ2) is 7.07. The summed E-state index contributed by atoms with van der Waals surface area (Å²) in [6, 6.07) is 3.27. The van der Waals surface area contributed by atoms with Gasteiger partial charge in [0.25, 0.3) is 0 Å². The summed E-state index contributed by atoms with van der Waals surface area (Å²) in [5.74, 6) is 1.17. The van der Waals surface area contributed by atoms with Gasteiger partial charge in [0.15, 0.2) is 0 Å². The first-order valence-corrected chi connectivity index (χ1v) is 12.0. The van der Waals surface area contributed by atoms with Gasteiger partial charge in [0.2, 0.25) is 0 Å². The van der Waals surface area contributed by atoms with Crippen molar-refractivity contribution in [1.82, 2.24) is 0 Å². The van der Waals surface area contributed by atoms with E-state index in [2.05, 4.69) is 39.0 Å². The van der Waals surface area contributed by atoms with E-state index >= 15 is 0 Å². The molecule has 4 nitrogen and oxygen atoms in total. The van der Waals surface area contributed by atoms with Crippen LogP contribution in [-0.4, -0.2) is 29.3 Å². The third kappa shape index (κ3) is 2.77. The largest absolute Gasteiger partial charge is 0.431 e. The highest BCUT2D eigenvalue weighted by Gasteiger charge is 2.67. The van der Waals surface area contributed by atoms with Gasteiger partial charge in [0.1, 0.15) is 0 Å². The number of alkyl halides is 1. The minimum atomic E-state index is -0.952. The van der Waals surface area contributed by atoms with E-state index in [0.29, 0.717) is 24.2 Å². The van der Waals surface area contributed by atoms with Crippen molar-refractivity contribution in [3.63, 3.8) is 0 Å². The highest BCUT2D eigenvalue weighted by Crippen LogP contribution is 2.69. The normalized spacial score (nSPS) is 48.5. The Labute approximate surface area is 189 Å². The van der Waals surface area contributed by atoms with Crippen molar-refractivity contribution >= 4 is 11.6 Å². The van der Waals surface area contributed by atoms with Gasteiger partial charge in [-0.1, -0.05) is 39.0 Å². The van der Waals surface area contributed by atoms with Crippen LogP contribution in [-0.2, 0) is 4.74 Å². The lowest BCUT2D eigenvalue weighted by molar-refractivity contribution is -0.0886. The van der Waals surface area contributed by atoms with Crippen molar-refractivity contribution in [2.75, 3.05) is 7.11 Å². The Morgan fingerprint density at radius 2 is 2.06 bits per heavy atom. The minimum absolute atomic E-state index is 0.00895. The maximum atomic E-state index is 12.3. The van der Waals surface area contributed by atoms with Crippen LogP contribution in [0.25, 0.3) is 0 Å². The summed E-state index contributed by atoms with van der Waals surface area (Å²) in [5, 5.41) is 12.1. The first-order valence-electron chi connectivity index (χ1n) is 11.5. The minimum Gasteiger partial charge on any atom is -0.431 e. The smallest absolute Gasteiger partial charge is 0.335 e. The van der Waals surface area contributed by atoms with E-state index in [1.165, 1.54) is 17.9 Å². The van der Waals surface area contributed by atoms with Crippen LogP contribution in [0.1, 0.15) is 57.9 Å². The average Bonchev–Trinajstić information content (AvgIpc) is 2.94. The summed E-state index contributed by atoms with van der Waals surface area (Å²) in [7, 11) is 1.79. The quantitative estimate of drug-likeness (QED) is 0.512. The van der Waals surface area contributed by atoms with Gasteiger partial charge >= 0.3 is 5.63 Å². The number of hydrogen-bond donors (Lipinski definition) is 1. The van der Waals surface area contributed by atoms with Crippen molar-refractivity contribution in [2.45, 2.75) is 69.5 Å². The van der Waals surface area contributed by atoms with Gasteiger partial charge in [-0.3, -0.25) is 0 Å². The zero-order valence-electron chi connectivity index (χ0n) is 18.8. The Kier molecular flexibility index (Phi) is 4.90. The predicted octanol–water partition coefficient (Wildman–Crippen LogP) is 5.06. The average molecular weight is 445 g/mol. The molecule has 31 heavy (non-hydrogen) atoms. The SMILES string of the molecule is COC1C=CC2(C)C3CCC4(C)C(c5ccc(=O)oc5)C(Cl)CC4(O)C3=CCC2C1C. The topological polar surface area (TPSA) is 59.7 Å². The summed E-state index contributed by atoms with van der Waals surface area (Å²) in [4.78, 5) is 11.5. The third-order valence-corrected chi connectivity index (χ3v) is 9.99. The van der Waals surface area contributed by atoms with Crippen molar-refractivity contribution < 1.29 is 14.3 Å². The zero-order valence-corrected chi connectivity index (χ0v) is 19.6. The lowest BCUT2D eigenvalue weighted by atomic mass is 9.46. The van der Waals surface area contributed by atoms with E-state index in [9.17, 15) is 9.90 Å². The van der Waals surface area contributed by atoms with Crippen LogP contribution >= 0.6 is 11.6 Å². The number of halogens is 1. The molecule has 0 bridgehead atoms. The van der Waals surface area contributed by atoms with Crippen molar-refractivity contribution in [3.8, 4) is 0 Å². The van der Waals surface area contributed by atoms with E-state index in [0.717, 1.165) is 24.8 Å². The molecule has 1 heterocycles. The van der Waals surface area contributed by atoms with Crippen LogP contribution in [0.5, 0.6) is 0 Å². The summed E-state index contributed by atoms with van der Waals surface area (Å²) in [5.41, 5.74) is 0.383. The molecule has 4 aliphatic carbocycles. The molecule has 0 spiro atoms. The summed E-state index contributed by atoms with van der Waals surface area (Å²) in [6.07, 6.45) is 12.0. The van der Waals surface area contributed by atoms with E-state index in [1.54, 1.807) is 7.11 Å². The number of rotatable bonds is 2. The van der Waals surface area contributed by atoms with Crippen LogP contribution < -0.4 is 5.63 Å². The zero-order chi connectivity index (χ0) is 22.2. The van der Waals surface area contributed by atoms with E-state index in [4.69, 9.17) is 20.8 Å². The molecule has 1 N–H and O–H groups in total. The second-order valence-electron chi connectivity index (χ2n) is 10.7. The maximum Gasteiger partial charge on any atom is 0.335 e. The lowest BCUT2D eigenvalue weighted by Gasteiger charge is -2.59. The molecule has 0 aromatic carbocycles. The van der Waals surface area contributed by atoms with Gasteiger partial charge in [-0.15, -0.1) is 11.6 Å². The molecule has 4 aliphatic rings. The van der Waals surface area contributed by atoms with Crippen molar-refractivity contribution in [2.24, 2.45) is 28.6 Å². The molecule has 9 unspecified atom stereocenters. The van der Waals surface area contributed by atoms with Crippen molar-refractivity contribution in [1.29, 1.82) is 0 Å². The molecular weight excluding hydrogens is 412 g/mol. The molecule has 1 aromatic rings. The number of aliphatic hydroxyl groups is 1. The number of fused-ring (bicyclic) bond motifs is 5. The molecule has 0 radical (unpaired) electrons. The Balaban J connectivity index is 1.56. The molecular formula is C26H33ClO4. The number of ether oxygens (including phenoxy) is 1. The fourth-order valence-corrected chi connectivity index (χ4v) is 8.50. The van der Waals surface area contributed by atoms with Crippen LogP contribution in [0.2, 0.25) is 0 Å². The van der Waals surface area contributed by atoms with Gasteiger partial charge < -0.3 is 14.3 Å². The highest BCUT2D eigenvalue weighted by molar-refractivity contribution is 6.21. The Bertz CT molecular complexity index is 977. The Morgan fingerprint density at radius 1 is 1.29 bits per heavy atom. The molecule has 0 amide bonds. The molecule has 1 aromatic heterocycles. The Morgan fingerprint density at radius 3 is 2.74 bits per heavy atom. The highest BCUT2D eigenvalue weighted by atomic mass is 35.5. The first-order chi connectivity index (χ1) is 14.7. The van der Waals surface area contributed by atoms with Crippen LogP contribution in [0, 0.1) is 28.6 Å². The molecule has 2 saturated carbocycles. The van der Waals surface area contributed by atoms with Crippen LogP contribution in [0.15, 0.2) is 51.4 Å². The monoisotopic (exact) mass is 444 g/mol. The summed E-state index contributed by atoms with van der Waals surface area (Å²) >= 11 is 6.93. The lowest BCUT2D eigenvalue weighted by Crippen LogP contribution is -2.57.